The van der Waals surface area contributed by atoms with Gasteiger partial charge in [0.1, 0.15) is 34.5 Å². The standard InChI is InChI=1S/C11H13NO4.C10H12N2O4.C10H14N2O2.C10H11NO5.C6H5NO3.C5H9BrO.CH4.Na.H2O/c1-8(13)11(2,3)16-10-6-4-9(5-7-10)12(14)15;1-10(2,9(11)13)16-8-5-3-7(4-6-8)12(14)15;1-10(2,9(12)13)14-8-5-3-7(11)4-6-8;1-10(2,9(12)13)16-8-5-3-7(4-6-8)11(14)15;8-6-3-1-5(2-4-6)7(9)10;1-4(7)5(2,3)6;;;/h4-7H,1-3H3;3-6H,1-2H3,(H2,11,13);3-6H,11H2,1-2H3,(H2,12,13);3-6H,1-2H3,(H,12,13);1-4,8H;1-3H3;1H4;;1H2/q;;;;;;;+1;/p-1. The average molecular weight is 1230 g/mol. The van der Waals surface area contributed by atoms with Crippen LogP contribution in [0, 0.1) is 40.5 Å². The van der Waals surface area contributed by atoms with Gasteiger partial charge in [0.25, 0.3) is 34.6 Å². The van der Waals surface area contributed by atoms with Gasteiger partial charge in [-0.2, -0.15) is 0 Å². The number of aliphatic carboxylic acids is 1. The second kappa shape index (κ2) is 35.4. The molecule has 82 heavy (non-hydrogen) atoms. The number of nitrogens with zero attached hydrogens (tertiary/aromatic N) is 4. The van der Waals surface area contributed by atoms with E-state index in [0.717, 1.165) is 0 Å². The number of nitro groups is 4. The molecular formula is C53H69BrN7NaO20. The number of carboxylic acids is 1. The van der Waals surface area contributed by atoms with Crippen LogP contribution < -0.4 is 65.7 Å². The molecule has 0 atom stereocenters. The molecule has 0 bridgehead atoms. The van der Waals surface area contributed by atoms with Gasteiger partial charge in [0, 0.05) is 54.2 Å². The fourth-order valence-corrected chi connectivity index (χ4v) is 4.41. The van der Waals surface area contributed by atoms with Crippen LogP contribution in [-0.4, -0.2) is 91.5 Å². The number of halogens is 1. The predicted molar refractivity (Wildman–Crippen MR) is 303 cm³/mol. The van der Waals surface area contributed by atoms with Crippen LogP contribution in [0.1, 0.15) is 90.5 Å². The summed E-state index contributed by atoms with van der Waals surface area (Å²) in [6.07, 6.45) is 0. The van der Waals surface area contributed by atoms with Gasteiger partial charge in [-0.15, -0.1) is 0 Å². The van der Waals surface area contributed by atoms with E-state index in [-0.39, 0.29) is 92.6 Å². The van der Waals surface area contributed by atoms with Gasteiger partial charge in [-0.3, -0.25) is 59.6 Å². The van der Waals surface area contributed by atoms with Gasteiger partial charge in [-0.25, -0.2) is 4.79 Å². The normalized spacial score (nSPS) is 10.4. The Balaban J connectivity index is -0.000000449. The van der Waals surface area contributed by atoms with Gasteiger partial charge in [-0.05, 0) is 156 Å². The Morgan fingerprint density at radius 1 is 0.451 bits per heavy atom. The number of amides is 2. The number of alkyl halides is 1. The van der Waals surface area contributed by atoms with Crippen molar-refractivity contribution in [2.75, 3.05) is 5.73 Å². The smallest absolute Gasteiger partial charge is 0.870 e. The number of carboxylic acid groups (broad SMARTS) is 1. The zero-order valence-electron chi connectivity index (χ0n) is 46.7. The molecule has 5 rings (SSSR count). The third-order valence-electron chi connectivity index (χ3n) is 9.96. The van der Waals surface area contributed by atoms with E-state index in [9.17, 15) is 64.4 Å². The molecule has 0 heterocycles. The van der Waals surface area contributed by atoms with Gasteiger partial charge >= 0.3 is 35.5 Å². The van der Waals surface area contributed by atoms with Crippen molar-refractivity contribution in [2.45, 2.75) is 117 Å². The van der Waals surface area contributed by atoms with E-state index in [0.29, 0.717) is 22.9 Å². The van der Waals surface area contributed by atoms with E-state index < -0.39 is 59.9 Å². The molecule has 0 saturated heterocycles. The molecule has 0 aliphatic rings. The van der Waals surface area contributed by atoms with E-state index in [1.807, 2.05) is 13.8 Å². The van der Waals surface area contributed by atoms with Crippen LogP contribution in [0.2, 0.25) is 0 Å². The van der Waals surface area contributed by atoms with Gasteiger partial charge in [0.05, 0.1) is 24.0 Å². The van der Waals surface area contributed by atoms with Crippen LogP contribution in [0.5, 0.6) is 28.7 Å². The van der Waals surface area contributed by atoms with Gasteiger partial charge in [0.2, 0.25) is 0 Å². The van der Waals surface area contributed by atoms with Gasteiger partial charge < -0.3 is 51.8 Å². The van der Waals surface area contributed by atoms with E-state index >= 15 is 0 Å². The number of Topliss-reactive ketones (excluding diaryl/α,β-unsaturated/α-hetero) is 2. The van der Waals surface area contributed by atoms with E-state index in [1.54, 1.807) is 58.9 Å². The molecule has 444 valence electrons. The van der Waals surface area contributed by atoms with Gasteiger partial charge in [0.15, 0.2) is 28.2 Å². The zero-order chi connectivity index (χ0) is 61.4. The number of carbonyl (C=O) groups excluding carboxylic acids is 4. The van der Waals surface area contributed by atoms with Crippen LogP contribution in [0.3, 0.4) is 0 Å². The molecule has 0 unspecified atom stereocenters. The monoisotopic (exact) mass is 1230 g/mol. The number of aromatic hydroxyl groups is 1. The molecule has 0 aliphatic heterocycles. The summed E-state index contributed by atoms with van der Waals surface area (Å²) in [7, 11) is 0. The Bertz CT molecular complexity index is 2690. The van der Waals surface area contributed by atoms with Crippen LogP contribution in [0.15, 0.2) is 121 Å². The number of benzene rings is 5. The number of hydrogen-bond acceptors (Lipinski definition) is 20. The third-order valence-corrected chi connectivity index (χ3v) is 10.5. The summed E-state index contributed by atoms with van der Waals surface area (Å²) in [5.74, 6) is -0.490. The minimum Gasteiger partial charge on any atom is -0.870 e. The summed E-state index contributed by atoms with van der Waals surface area (Å²) in [4.78, 5) is 93.5. The van der Waals surface area contributed by atoms with Crippen molar-refractivity contribution in [3.8, 4) is 28.7 Å². The molecule has 5 aromatic rings. The SMILES string of the molecule is C.CC(=O)C(C)(C)Br.CC(=O)C(C)(C)Oc1ccc([N+](=O)[O-])cc1.CC(C)(Oc1ccc(N)cc1)C(N)=O.CC(C)(Oc1ccc([N+](=O)[O-])cc1)C(=O)O.CC(C)(Oc1ccc([N+](=O)[O-])cc1)C(N)=O.O=[N+]([O-])c1ccc(O)cc1.[Na+].[OH-]. The molecule has 9 N–H and O–H groups in total. The van der Waals surface area contributed by atoms with Crippen LogP contribution in [0.25, 0.3) is 0 Å². The molecule has 0 saturated carbocycles. The van der Waals surface area contributed by atoms with Crippen LogP contribution >= 0.6 is 15.9 Å². The number of non-ortho nitro benzene ring substituents is 4. The maximum Gasteiger partial charge on any atom is 1.00 e. The second-order valence-electron chi connectivity index (χ2n) is 18.7. The predicted octanol–water partition coefficient (Wildman–Crippen LogP) is 6.84. The Labute approximate surface area is 503 Å². The summed E-state index contributed by atoms with van der Waals surface area (Å²) in [6.45, 7) is 19.0. The molecule has 27 nitrogen and oxygen atoms in total. The molecule has 2 amide bonds. The van der Waals surface area contributed by atoms with Crippen molar-refractivity contribution >= 4 is 73.7 Å². The number of hydrogen-bond donors (Lipinski definition) is 5. The maximum absolute atomic E-state index is 11.2. The van der Waals surface area contributed by atoms with Crippen molar-refractivity contribution in [2.24, 2.45) is 11.5 Å². The molecule has 29 heteroatoms. The molecule has 0 aromatic heterocycles. The van der Waals surface area contributed by atoms with E-state index in [2.05, 4.69) is 15.9 Å². The molecule has 5 aromatic carbocycles. The summed E-state index contributed by atoms with van der Waals surface area (Å²) in [6, 6.07) is 28.1. The van der Waals surface area contributed by atoms with Gasteiger partial charge in [-0.1, -0.05) is 23.4 Å². The minimum atomic E-state index is -1.36. The number of anilines is 1. The van der Waals surface area contributed by atoms with E-state index in [1.165, 1.54) is 132 Å². The minimum absolute atomic E-state index is 0. The van der Waals surface area contributed by atoms with Crippen molar-refractivity contribution in [3.05, 3.63) is 162 Å². The van der Waals surface area contributed by atoms with E-state index in [4.69, 9.17) is 46.4 Å². The average Bonchev–Trinajstić information content (AvgIpc) is 3.33. The summed E-state index contributed by atoms with van der Waals surface area (Å²) < 4.78 is 21.0. The van der Waals surface area contributed by atoms with Crippen molar-refractivity contribution < 1.29 is 108 Å². The summed E-state index contributed by atoms with van der Waals surface area (Å²) >= 11 is 3.19. The first-order chi connectivity index (χ1) is 36.0. The fraction of sp³-hybridized carbons (Fsp3) is 0.340. The number of ketones is 2. The van der Waals surface area contributed by atoms with Crippen molar-refractivity contribution in [1.29, 1.82) is 0 Å². The number of nitro benzene ring substituents is 4. The molecular weight excluding hydrogens is 1160 g/mol. The molecule has 0 radical (unpaired) electrons. The van der Waals surface area contributed by atoms with Crippen LogP contribution in [-0.2, 0) is 24.0 Å². The molecule has 0 fully saturated rings. The third kappa shape index (κ3) is 30.9. The largest absolute Gasteiger partial charge is 1.00 e. The number of ether oxygens (including phenoxy) is 4. The molecule has 0 aliphatic carbocycles. The van der Waals surface area contributed by atoms with Crippen molar-refractivity contribution in [3.63, 3.8) is 0 Å². The topological polar surface area (TPSA) is 443 Å². The second-order valence-corrected chi connectivity index (χ2v) is 20.6. The Hall–Kier alpha value is -8.31. The zero-order valence-corrected chi connectivity index (χ0v) is 50.3. The number of phenolic OH excluding ortho intramolecular Hbond substituents is 1. The Morgan fingerprint density at radius 2 is 0.659 bits per heavy atom. The number of nitrogens with two attached hydrogens (primary N) is 3. The number of primary amides is 2. The number of phenols is 1. The van der Waals surface area contributed by atoms with Crippen molar-refractivity contribution in [1.82, 2.24) is 0 Å². The van der Waals surface area contributed by atoms with Crippen LogP contribution in [0.4, 0.5) is 28.4 Å². The summed E-state index contributed by atoms with van der Waals surface area (Å²) in [5.41, 5.74) is 11.9. The quantitative estimate of drug-likeness (QED) is 0.0209. The fourth-order valence-electron chi connectivity index (χ4n) is 4.41. The molecule has 0 spiro atoms. The first-order valence-electron chi connectivity index (χ1n) is 22.9. The first-order valence-corrected chi connectivity index (χ1v) is 23.7. The first kappa shape index (κ1) is 80.2. The number of nitrogen functional groups attached to an aromatic ring is 1. The summed E-state index contributed by atoms with van der Waals surface area (Å²) in [5, 5.41) is 58.8. The maximum atomic E-state index is 11.2. The Morgan fingerprint density at radius 3 is 0.854 bits per heavy atom. The Kier molecular flexibility index (Phi) is 34.6. The number of carbonyl (C=O) groups is 5. The number of rotatable bonds is 17.